The Bertz CT molecular complexity index is 480. The molecule has 1 rings (SSSR count). The van der Waals surface area contributed by atoms with E-state index < -0.39 is 5.97 Å². The van der Waals surface area contributed by atoms with Gasteiger partial charge in [0.15, 0.2) is 5.70 Å². The highest BCUT2D eigenvalue weighted by Crippen LogP contribution is 2.21. The molecule has 0 radical (unpaired) electrons. The maximum absolute atomic E-state index is 10.8. The van der Waals surface area contributed by atoms with Gasteiger partial charge in [0, 0.05) is 5.02 Å². The third-order valence-corrected chi connectivity index (χ3v) is 2.24. The number of carboxylic acids is 1. The summed E-state index contributed by atoms with van der Waals surface area (Å²) in [5.41, 5.74) is 0.700. The van der Waals surface area contributed by atoms with E-state index in [1.54, 1.807) is 31.2 Å². The minimum absolute atomic E-state index is 0.322. The lowest BCUT2D eigenvalue weighted by Gasteiger charge is -2.03. The fraction of sp³-hybridized carbons (Fsp3) is 0.0909. The second-order valence-corrected chi connectivity index (χ2v) is 3.43. The molecule has 1 aromatic rings. The van der Waals surface area contributed by atoms with Crippen molar-refractivity contribution in [1.29, 1.82) is 0 Å². The zero-order chi connectivity index (χ0) is 12.1. The molecule has 1 N–H and O–H groups in total. The lowest BCUT2D eigenvalue weighted by Crippen LogP contribution is -2.00. The first kappa shape index (κ1) is 12.2. The monoisotopic (exact) mass is 237 g/mol. The molecule has 0 aliphatic carbocycles. The summed E-state index contributed by atoms with van der Waals surface area (Å²) in [5, 5.41) is 9.38. The van der Waals surface area contributed by atoms with E-state index in [0.29, 0.717) is 16.2 Å². The summed E-state index contributed by atoms with van der Waals surface area (Å²) in [6.07, 6.45) is 1.22. The van der Waals surface area contributed by atoms with Crippen LogP contribution in [-0.4, -0.2) is 17.2 Å². The van der Waals surface area contributed by atoms with Gasteiger partial charge in [-0.15, -0.1) is 0 Å². The van der Waals surface area contributed by atoms with Gasteiger partial charge in [-0.05, 0) is 30.2 Å². The number of isocyanates is 1. The molecule has 0 fully saturated rings. The second kappa shape index (κ2) is 5.26. The van der Waals surface area contributed by atoms with Gasteiger partial charge in [0.2, 0.25) is 6.08 Å². The normalized spacial score (nSPS) is 11.4. The minimum atomic E-state index is -1.27. The van der Waals surface area contributed by atoms with Crippen LogP contribution in [0.1, 0.15) is 12.5 Å². The van der Waals surface area contributed by atoms with Crippen molar-refractivity contribution in [3.63, 3.8) is 0 Å². The Morgan fingerprint density at radius 3 is 2.38 bits per heavy atom. The maximum atomic E-state index is 10.8. The van der Waals surface area contributed by atoms with Crippen molar-refractivity contribution in [2.24, 2.45) is 4.99 Å². The van der Waals surface area contributed by atoms with Gasteiger partial charge >= 0.3 is 5.97 Å². The lowest BCUT2D eigenvalue weighted by atomic mass is 10.1. The van der Waals surface area contributed by atoms with E-state index in [-0.39, 0.29) is 5.70 Å². The van der Waals surface area contributed by atoms with Crippen LogP contribution in [-0.2, 0) is 9.59 Å². The average molecular weight is 238 g/mol. The second-order valence-electron chi connectivity index (χ2n) is 2.99. The van der Waals surface area contributed by atoms with Crippen LogP contribution in [0.25, 0.3) is 5.57 Å². The molecule has 4 nitrogen and oxygen atoms in total. The number of carbonyl (C=O) groups excluding carboxylic acids is 1. The number of carboxylic acid groups (broad SMARTS) is 1. The summed E-state index contributed by atoms with van der Waals surface area (Å²) >= 11 is 5.70. The molecule has 0 aliphatic rings. The number of aliphatic imine (C=N–C) groups is 1. The van der Waals surface area contributed by atoms with Crippen LogP contribution in [0.5, 0.6) is 0 Å². The van der Waals surface area contributed by atoms with Crippen LogP contribution < -0.4 is 0 Å². The maximum Gasteiger partial charge on any atom is 0.355 e. The Labute approximate surface area is 96.9 Å². The average Bonchev–Trinajstić information content (AvgIpc) is 2.25. The Kier molecular flexibility index (Phi) is 4.00. The van der Waals surface area contributed by atoms with E-state index >= 15 is 0 Å². The van der Waals surface area contributed by atoms with Crippen molar-refractivity contribution in [3.05, 3.63) is 40.5 Å². The van der Waals surface area contributed by atoms with Crippen LogP contribution in [0.4, 0.5) is 0 Å². The number of halogens is 1. The van der Waals surface area contributed by atoms with E-state index in [1.807, 2.05) is 0 Å². The largest absolute Gasteiger partial charge is 0.476 e. The van der Waals surface area contributed by atoms with Crippen LogP contribution in [0.2, 0.25) is 5.02 Å². The number of hydrogen-bond acceptors (Lipinski definition) is 3. The summed E-state index contributed by atoms with van der Waals surface area (Å²) in [6, 6.07) is 6.57. The van der Waals surface area contributed by atoms with Gasteiger partial charge in [0.05, 0.1) is 0 Å². The molecule has 0 heterocycles. The molecule has 1 aromatic carbocycles. The highest BCUT2D eigenvalue weighted by molar-refractivity contribution is 6.30. The number of hydrogen-bond donors (Lipinski definition) is 1. The first-order valence-electron chi connectivity index (χ1n) is 4.34. The van der Waals surface area contributed by atoms with Gasteiger partial charge in [-0.1, -0.05) is 23.7 Å². The van der Waals surface area contributed by atoms with E-state index in [9.17, 15) is 9.59 Å². The van der Waals surface area contributed by atoms with Gasteiger partial charge in [-0.3, -0.25) is 0 Å². The topological polar surface area (TPSA) is 66.7 Å². The molecule has 0 bridgehead atoms. The predicted octanol–water partition coefficient (Wildman–Crippen LogP) is 2.49. The lowest BCUT2D eigenvalue weighted by molar-refractivity contribution is -0.132. The third kappa shape index (κ3) is 2.79. The third-order valence-electron chi connectivity index (χ3n) is 1.99. The summed E-state index contributed by atoms with van der Waals surface area (Å²) in [6.45, 7) is 1.56. The Balaban J connectivity index is 3.29. The van der Waals surface area contributed by atoms with E-state index in [2.05, 4.69) is 4.99 Å². The van der Waals surface area contributed by atoms with Crippen molar-refractivity contribution in [2.75, 3.05) is 0 Å². The van der Waals surface area contributed by atoms with Crippen molar-refractivity contribution in [1.82, 2.24) is 0 Å². The highest BCUT2D eigenvalue weighted by Gasteiger charge is 2.11. The first-order chi connectivity index (χ1) is 7.56. The zero-order valence-electron chi connectivity index (χ0n) is 8.40. The van der Waals surface area contributed by atoms with Crippen molar-refractivity contribution >= 4 is 29.2 Å². The molecular formula is C11H8ClNO3. The van der Waals surface area contributed by atoms with Crippen molar-refractivity contribution in [3.8, 4) is 0 Å². The summed E-state index contributed by atoms with van der Waals surface area (Å²) in [5.74, 6) is -1.27. The van der Waals surface area contributed by atoms with Gasteiger partial charge in [0.1, 0.15) is 0 Å². The zero-order valence-corrected chi connectivity index (χ0v) is 9.15. The van der Waals surface area contributed by atoms with Gasteiger partial charge in [-0.25, -0.2) is 9.59 Å². The SMILES string of the molecule is C/C(=C(/N=C=O)C(=O)O)c1ccc(Cl)cc1. The van der Waals surface area contributed by atoms with E-state index in [0.717, 1.165) is 0 Å². The number of benzene rings is 1. The molecule has 0 spiro atoms. The fourth-order valence-corrected chi connectivity index (χ4v) is 1.30. The molecule has 0 aromatic heterocycles. The predicted molar refractivity (Wildman–Crippen MR) is 59.8 cm³/mol. The molecule has 5 heteroatoms. The molecule has 0 atom stereocenters. The van der Waals surface area contributed by atoms with Crippen molar-refractivity contribution < 1.29 is 14.7 Å². The number of nitrogens with zero attached hydrogens (tertiary/aromatic N) is 1. The smallest absolute Gasteiger partial charge is 0.355 e. The summed E-state index contributed by atoms with van der Waals surface area (Å²) < 4.78 is 0. The van der Waals surface area contributed by atoms with Gasteiger partial charge in [-0.2, -0.15) is 4.99 Å². The van der Waals surface area contributed by atoms with Gasteiger partial charge < -0.3 is 5.11 Å². The molecule has 0 aliphatic heterocycles. The molecule has 0 saturated heterocycles. The molecule has 82 valence electrons. The van der Waals surface area contributed by atoms with Crippen LogP contribution in [0, 0.1) is 0 Å². The number of aliphatic carboxylic acids is 1. The number of carbonyl (C=O) groups is 1. The molecular weight excluding hydrogens is 230 g/mol. The quantitative estimate of drug-likeness (QED) is 0.499. The Morgan fingerprint density at radius 2 is 1.94 bits per heavy atom. The van der Waals surface area contributed by atoms with Crippen LogP contribution in [0.15, 0.2) is 35.0 Å². The highest BCUT2D eigenvalue weighted by atomic mass is 35.5. The first-order valence-corrected chi connectivity index (χ1v) is 4.72. The number of rotatable bonds is 3. The van der Waals surface area contributed by atoms with E-state index in [4.69, 9.17) is 16.7 Å². The standard InChI is InChI=1S/C11H8ClNO3/c1-7(10(11(15)16)13-6-14)8-2-4-9(12)5-3-8/h2-5H,1H3,(H,15,16)/b10-7-. The fourth-order valence-electron chi connectivity index (χ4n) is 1.17. The number of allylic oxidation sites excluding steroid dienone is 1. The van der Waals surface area contributed by atoms with Gasteiger partial charge in [0.25, 0.3) is 0 Å². The van der Waals surface area contributed by atoms with Crippen LogP contribution >= 0.6 is 11.6 Å². The molecule has 16 heavy (non-hydrogen) atoms. The Hall–Kier alpha value is -1.90. The molecule has 0 amide bonds. The van der Waals surface area contributed by atoms with E-state index in [1.165, 1.54) is 6.08 Å². The van der Waals surface area contributed by atoms with Crippen molar-refractivity contribution in [2.45, 2.75) is 6.92 Å². The molecule has 0 unspecified atom stereocenters. The molecule has 0 saturated carbocycles. The minimum Gasteiger partial charge on any atom is -0.476 e. The van der Waals surface area contributed by atoms with Crippen LogP contribution in [0.3, 0.4) is 0 Å². The summed E-state index contributed by atoms with van der Waals surface area (Å²) in [4.78, 5) is 24.1. The Morgan fingerprint density at radius 1 is 1.38 bits per heavy atom. The summed E-state index contributed by atoms with van der Waals surface area (Å²) in [7, 11) is 0.